The van der Waals surface area contributed by atoms with Crippen molar-refractivity contribution in [2.24, 2.45) is 5.41 Å². The van der Waals surface area contributed by atoms with Crippen LogP contribution in [0.3, 0.4) is 0 Å². The van der Waals surface area contributed by atoms with Gasteiger partial charge >= 0.3 is 5.97 Å². The summed E-state index contributed by atoms with van der Waals surface area (Å²) in [7, 11) is 0. The zero-order valence-corrected chi connectivity index (χ0v) is 10.9. The van der Waals surface area contributed by atoms with Crippen LogP contribution < -0.4 is 0 Å². The topological polar surface area (TPSA) is 57.6 Å². The predicted molar refractivity (Wildman–Crippen MR) is 70.3 cm³/mol. The Balaban J connectivity index is 1.98. The van der Waals surface area contributed by atoms with E-state index in [1.165, 1.54) is 6.08 Å². The zero-order valence-electron chi connectivity index (χ0n) is 10.1. The van der Waals surface area contributed by atoms with Crippen LogP contribution in [0.15, 0.2) is 23.6 Å². The van der Waals surface area contributed by atoms with Crippen LogP contribution in [0.25, 0.3) is 6.08 Å². The lowest BCUT2D eigenvalue weighted by molar-refractivity contribution is -0.147. The van der Waals surface area contributed by atoms with Crippen molar-refractivity contribution in [1.82, 2.24) is 4.90 Å². The fourth-order valence-electron chi connectivity index (χ4n) is 1.97. The lowest BCUT2D eigenvalue weighted by Gasteiger charge is -2.18. The molecule has 1 amide bonds. The SMILES string of the molecule is C[C@]1(C(=O)O)CCN(C(=O)/C=C\c2cccs2)C1. The average Bonchev–Trinajstić information content (AvgIpc) is 2.95. The highest BCUT2D eigenvalue weighted by Crippen LogP contribution is 2.30. The van der Waals surface area contributed by atoms with E-state index in [2.05, 4.69) is 0 Å². The first-order chi connectivity index (χ1) is 8.51. The van der Waals surface area contributed by atoms with Crippen LogP contribution in [0, 0.1) is 5.41 Å². The average molecular weight is 265 g/mol. The van der Waals surface area contributed by atoms with Gasteiger partial charge in [0.15, 0.2) is 0 Å². The molecular weight excluding hydrogens is 250 g/mol. The van der Waals surface area contributed by atoms with Crippen LogP contribution in [-0.2, 0) is 9.59 Å². The minimum absolute atomic E-state index is 0.117. The zero-order chi connectivity index (χ0) is 13.2. The van der Waals surface area contributed by atoms with Gasteiger partial charge in [-0.15, -0.1) is 11.3 Å². The Hall–Kier alpha value is -1.62. The highest BCUT2D eigenvalue weighted by atomic mass is 32.1. The molecule has 5 heteroatoms. The Morgan fingerprint density at radius 1 is 1.56 bits per heavy atom. The highest BCUT2D eigenvalue weighted by Gasteiger charge is 2.41. The molecule has 18 heavy (non-hydrogen) atoms. The van der Waals surface area contributed by atoms with Gasteiger partial charge in [0.2, 0.25) is 5.91 Å². The van der Waals surface area contributed by atoms with Crippen molar-refractivity contribution < 1.29 is 14.7 Å². The molecule has 0 radical (unpaired) electrons. The van der Waals surface area contributed by atoms with Crippen molar-refractivity contribution in [2.45, 2.75) is 13.3 Å². The largest absolute Gasteiger partial charge is 0.481 e. The maximum Gasteiger partial charge on any atom is 0.311 e. The number of thiophene rings is 1. The van der Waals surface area contributed by atoms with Crippen LogP contribution in [0.4, 0.5) is 0 Å². The Morgan fingerprint density at radius 2 is 2.33 bits per heavy atom. The van der Waals surface area contributed by atoms with Gasteiger partial charge < -0.3 is 10.0 Å². The highest BCUT2D eigenvalue weighted by molar-refractivity contribution is 7.10. The van der Waals surface area contributed by atoms with Crippen LogP contribution in [0.5, 0.6) is 0 Å². The first-order valence-electron chi connectivity index (χ1n) is 5.75. The van der Waals surface area contributed by atoms with Crippen molar-refractivity contribution in [3.63, 3.8) is 0 Å². The molecule has 1 N–H and O–H groups in total. The normalized spacial score (nSPS) is 23.7. The monoisotopic (exact) mass is 265 g/mol. The molecule has 0 spiro atoms. The third kappa shape index (κ3) is 2.61. The summed E-state index contributed by atoms with van der Waals surface area (Å²) < 4.78 is 0. The molecule has 0 aliphatic carbocycles. The number of carboxylic acids is 1. The van der Waals surface area contributed by atoms with Gasteiger partial charge in [-0.05, 0) is 30.9 Å². The molecule has 0 aromatic carbocycles. The summed E-state index contributed by atoms with van der Waals surface area (Å²) >= 11 is 1.56. The number of rotatable bonds is 3. The van der Waals surface area contributed by atoms with Crippen LogP contribution in [0.1, 0.15) is 18.2 Å². The lowest BCUT2D eigenvalue weighted by Crippen LogP contribution is -2.34. The predicted octanol–water partition coefficient (Wildman–Crippen LogP) is 2.08. The quantitative estimate of drug-likeness (QED) is 0.851. The number of likely N-dealkylation sites (tertiary alicyclic amines) is 1. The summed E-state index contributed by atoms with van der Waals surface area (Å²) in [4.78, 5) is 25.6. The number of hydrogen-bond donors (Lipinski definition) is 1. The molecule has 1 atom stereocenters. The summed E-state index contributed by atoms with van der Waals surface area (Å²) in [6, 6.07) is 3.85. The second kappa shape index (κ2) is 4.94. The van der Waals surface area contributed by atoms with E-state index in [4.69, 9.17) is 5.11 Å². The molecule has 1 fully saturated rings. The van der Waals surface area contributed by atoms with Gasteiger partial charge in [0.05, 0.1) is 5.41 Å². The Morgan fingerprint density at radius 3 is 2.89 bits per heavy atom. The van der Waals surface area contributed by atoms with Crippen LogP contribution in [-0.4, -0.2) is 35.0 Å². The number of amides is 1. The minimum atomic E-state index is -0.833. The first-order valence-corrected chi connectivity index (χ1v) is 6.63. The molecule has 2 rings (SSSR count). The maximum absolute atomic E-state index is 11.9. The Labute approximate surface area is 110 Å². The molecule has 1 aromatic heterocycles. The van der Waals surface area contributed by atoms with Gasteiger partial charge in [-0.25, -0.2) is 0 Å². The van der Waals surface area contributed by atoms with E-state index in [9.17, 15) is 9.59 Å². The number of nitrogens with zero attached hydrogens (tertiary/aromatic N) is 1. The molecule has 4 nitrogen and oxygen atoms in total. The van der Waals surface area contributed by atoms with E-state index in [0.29, 0.717) is 13.0 Å². The third-order valence-electron chi connectivity index (χ3n) is 3.23. The Bertz CT molecular complexity index is 480. The summed E-state index contributed by atoms with van der Waals surface area (Å²) in [6.07, 6.45) is 3.80. The van der Waals surface area contributed by atoms with Gasteiger partial charge in [0, 0.05) is 24.0 Å². The van der Waals surface area contributed by atoms with Gasteiger partial charge in [-0.3, -0.25) is 9.59 Å². The molecule has 1 saturated heterocycles. The standard InChI is InChI=1S/C13H15NO3S/c1-13(12(16)17)6-7-14(9-13)11(15)5-4-10-3-2-8-18-10/h2-5,8H,6-7,9H2,1H3,(H,16,17)/b5-4-/t13-/m0/s1. The second-order valence-electron chi connectivity index (χ2n) is 4.72. The van der Waals surface area contributed by atoms with Crippen LogP contribution >= 0.6 is 11.3 Å². The fraction of sp³-hybridized carbons (Fsp3) is 0.385. The molecule has 0 saturated carbocycles. The Kier molecular flexibility index (Phi) is 3.52. The van der Waals surface area contributed by atoms with Crippen molar-refractivity contribution >= 4 is 29.3 Å². The molecule has 0 bridgehead atoms. The van der Waals surface area contributed by atoms with Crippen molar-refractivity contribution in [1.29, 1.82) is 0 Å². The van der Waals surface area contributed by atoms with Crippen LogP contribution in [0.2, 0.25) is 0 Å². The van der Waals surface area contributed by atoms with Gasteiger partial charge in [-0.2, -0.15) is 0 Å². The molecule has 2 heterocycles. The van der Waals surface area contributed by atoms with E-state index >= 15 is 0 Å². The van der Waals surface area contributed by atoms with Crippen molar-refractivity contribution in [2.75, 3.05) is 13.1 Å². The molecule has 1 aromatic rings. The van der Waals surface area contributed by atoms with E-state index in [0.717, 1.165) is 4.88 Å². The van der Waals surface area contributed by atoms with Crippen molar-refractivity contribution in [3.05, 3.63) is 28.5 Å². The van der Waals surface area contributed by atoms with E-state index in [1.54, 1.807) is 29.2 Å². The second-order valence-corrected chi connectivity index (χ2v) is 5.70. The number of carboxylic acid groups (broad SMARTS) is 1. The van der Waals surface area contributed by atoms with Gasteiger partial charge in [0.25, 0.3) is 0 Å². The third-order valence-corrected chi connectivity index (χ3v) is 4.07. The number of carbonyl (C=O) groups is 2. The number of carbonyl (C=O) groups excluding carboxylic acids is 1. The molecule has 96 valence electrons. The van der Waals surface area contributed by atoms with Crippen molar-refractivity contribution in [3.8, 4) is 0 Å². The number of hydrogen-bond acceptors (Lipinski definition) is 3. The van der Waals surface area contributed by atoms with Gasteiger partial charge in [0.1, 0.15) is 0 Å². The van der Waals surface area contributed by atoms with E-state index < -0.39 is 11.4 Å². The lowest BCUT2D eigenvalue weighted by atomic mass is 9.90. The number of aliphatic carboxylic acids is 1. The molecule has 0 unspecified atom stereocenters. The molecular formula is C13H15NO3S. The summed E-state index contributed by atoms with van der Waals surface area (Å²) in [5.41, 5.74) is -0.799. The van der Waals surface area contributed by atoms with E-state index in [-0.39, 0.29) is 12.5 Å². The summed E-state index contributed by atoms with van der Waals surface area (Å²) in [5, 5.41) is 11.0. The van der Waals surface area contributed by atoms with Gasteiger partial charge in [-0.1, -0.05) is 6.07 Å². The van der Waals surface area contributed by atoms with E-state index in [1.807, 2.05) is 17.5 Å². The maximum atomic E-state index is 11.9. The fourth-order valence-corrected chi connectivity index (χ4v) is 2.59. The summed E-state index contributed by atoms with van der Waals surface area (Å²) in [5.74, 6) is -0.951. The minimum Gasteiger partial charge on any atom is -0.481 e. The molecule has 1 aliphatic rings. The molecule has 1 aliphatic heterocycles. The summed E-state index contributed by atoms with van der Waals surface area (Å²) in [6.45, 7) is 2.48. The smallest absolute Gasteiger partial charge is 0.311 e. The first kappa shape index (κ1) is 12.8.